The summed E-state index contributed by atoms with van der Waals surface area (Å²) in [6.45, 7) is 2.05. The predicted molar refractivity (Wildman–Crippen MR) is 142 cm³/mol. The molecule has 186 valence electrons. The number of aromatic nitrogens is 4. The minimum absolute atomic E-state index is 0.204. The number of hydrogen-bond acceptors (Lipinski definition) is 8. The van der Waals surface area contributed by atoms with Gasteiger partial charge in [-0.05, 0) is 67.1 Å². The van der Waals surface area contributed by atoms with E-state index < -0.39 is 0 Å². The molecular weight excluding hydrogens is 514 g/mol. The molecular formula is C26H20ClN5O4S. The van der Waals surface area contributed by atoms with Crippen LogP contribution in [0.25, 0.3) is 22.4 Å². The molecule has 0 saturated heterocycles. The highest BCUT2D eigenvalue weighted by Crippen LogP contribution is 2.29. The molecule has 3 heterocycles. The predicted octanol–water partition coefficient (Wildman–Crippen LogP) is 3.83. The molecule has 2 aromatic carbocycles. The molecule has 0 fully saturated rings. The summed E-state index contributed by atoms with van der Waals surface area (Å²) < 4.78 is 13.2. The molecule has 5 aromatic rings. The normalized spacial score (nSPS) is 11.6. The molecule has 3 aromatic heterocycles. The Morgan fingerprint density at radius 3 is 2.59 bits per heavy atom. The molecule has 5 rings (SSSR count). The maximum absolute atomic E-state index is 12.9. The van der Waals surface area contributed by atoms with E-state index in [1.165, 1.54) is 15.9 Å². The number of pyridine rings is 1. The fraction of sp³-hybridized carbons (Fsp3) is 0.115. The Labute approximate surface area is 220 Å². The van der Waals surface area contributed by atoms with Crippen LogP contribution in [0.4, 0.5) is 5.69 Å². The highest BCUT2D eigenvalue weighted by molar-refractivity contribution is 7.15. The van der Waals surface area contributed by atoms with Crippen LogP contribution in [0, 0.1) is 0 Å². The first-order chi connectivity index (χ1) is 18.0. The largest absolute Gasteiger partial charge is 0.490 e. The van der Waals surface area contributed by atoms with Crippen LogP contribution in [0.15, 0.2) is 71.8 Å². The molecule has 0 saturated carbocycles. The molecule has 0 aliphatic heterocycles. The van der Waals surface area contributed by atoms with Crippen molar-refractivity contribution in [1.29, 1.82) is 0 Å². The molecule has 37 heavy (non-hydrogen) atoms. The lowest BCUT2D eigenvalue weighted by Gasteiger charge is -2.12. The maximum atomic E-state index is 12.9. The molecule has 11 heteroatoms. The summed E-state index contributed by atoms with van der Waals surface area (Å²) >= 11 is 7.12. The van der Waals surface area contributed by atoms with E-state index >= 15 is 0 Å². The van der Waals surface area contributed by atoms with Crippen LogP contribution < -0.4 is 24.9 Å². The number of thiazole rings is 1. The second-order valence-electron chi connectivity index (χ2n) is 7.76. The van der Waals surface area contributed by atoms with Crippen molar-refractivity contribution in [3.05, 3.63) is 92.5 Å². The number of benzene rings is 2. The van der Waals surface area contributed by atoms with Crippen molar-refractivity contribution < 1.29 is 14.3 Å². The van der Waals surface area contributed by atoms with Crippen molar-refractivity contribution >= 4 is 45.6 Å². The zero-order valence-corrected chi connectivity index (χ0v) is 21.1. The van der Waals surface area contributed by atoms with E-state index in [0.717, 1.165) is 11.1 Å². The molecule has 0 atom stereocenters. The maximum Gasteiger partial charge on any atom is 0.291 e. The molecule has 0 radical (unpaired) electrons. The van der Waals surface area contributed by atoms with Crippen LogP contribution in [-0.2, 0) is 4.79 Å². The highest BCUT2D eigenvalue weighted by Gasteiger charge is 2.13. The summed E-state index contributed by atoms with van der Waals surface area (Å²) in [4.78, 5) is 34.2. The van der Waals surface area contributed by atoms with Crippen LogP contribution in [0.2, 0.25) is 5.02 Å². The summed E-state index contributed by atoms with van der Waals surface area (Å²) in [5.41, 5.74) is 1.88. The topological polar surface area (TPSA) is 108 Å². The van der Waals surface area contributed by atoms with Gasteiger partial charge in [-0.15, -0.1) is 5.10 Å². The summed E-state index contributed by atoms with van der Waals surface area (Å²) in [6, 6.07) is 15.6. The lowest BCUT2D eigenvalue weighted by atomic mass is 10.2. The number of fused-ring (bicyclic) bond motifs is 1. The number of hydrogen-bond donors (Lipinski definition) is 1. The van der Waals surface area contributed by atoms with Gasteiger partial charge in [0.2, 0.25) is 4.96 Å². The summed E-state index contributed by atoms with van der Waals surface area (Å²) in [5, 5.41) is 7.68. The van der Waals surface area contributed by atoms with Crippen molar-refractivity contribution in [3.63, 3.8) is 0 Å². The number of carbonyl (C=O) groups excluding carboxylic acids is 1. The highest BCUT2D eigenvalue weighted by atomic mass is 35.5. The fourth-order valence-electron chi connectivity index (χ4n) is 3.48. The van der Waals surface area contributed by atoms with Crippen LogP contribution >= 0.6 is 22.9 Å². The molecule has 1 N–H and O–H groups in total. The van der Waals surface area contributed by atoms with Crippen LogP contribution in [-0.4, -0.2) is 38.7 Å². The molecule has 1 amide bonds. The van der Waals surface area contributed by atoms with Gasteiger partial charge in [0.05, 0.1) is 11.1 Å². The van der Waals surface area contributed by atoms with Crippen molar-refractivity contribution in [1.82, 2.24) is 19.6 Å². The van der Waals surface area contributed by atoms with Gasteiger partial charge in [-0.2, -0.15) is 9.50 Å². The number of nitrogens with one attached hydrogen (secondary N) is 1. The SMILES string of the molecule is CCOc1cc(/C=c2\sc3nc(-c4ccncc4)nn3c2=O)ccc1OCC(=O)Nc1ccc(Cl)cc1. The summed E-state index contributed by atoms with van der Waals surface area (Å²) in [6.07, 6.45) is 5.05. The third-order valence-corrected chi connectivity index (χ3v) is 6.38. The second kappa shape index (κ2) is 10.8. The molecule has 0 unspecified atom stereocenters. The molecule has 0 bridgehead atoms. The average Bonchev–Trinajstić information content (AvgIpc) is 3.45. The van der Waals surface area contributed by atoms with Gasteiger partial charge >= 0.3 is 0 Å². The number of rotatable bonds is 8. The van der Waals surface area contributed by atoms with Crippen molar-refractivity contribution in [2.24, 2.45) is 0 Å². The lowest BCUT2D eigenvalue weighted by Crippen LogP contribution is -2.23. The standard InChI is InChI=1S/C26H20ClN5O4S/c1-2-35-21-13-16(3-8-20(21)36-15-23(33)29-19-6-4-18(27)5-7-19)14-22-25(34)32-26(37-22)30-24(31-32)17-9-11-28-12-10-17/h3-14H,2,15H2,1H3,(H,29,33)/b22-14-. The smallest absolute Gasteiger partial charge is 0.291 e. The Hall–Kier alpha value is -4.28. The Morgan fingerprint density at radius 1 is 1.08 bits per heavy atom. The third-order valence-electron chi connectivity index (χ3n) is 5.17. The second-order valence-corrected chi connectivity index (χ2v) is 9.21. The van der Waals surface area contributed by atoms with E-state index in [9.17, 15) is 9.59 Å². The van der Waals surface area contributed by atoms with E-state index in [4.69, 9.17) is 21.1 Å². The Morgan fingerprint density at radius 2 is 1.86 bits per heavy atom. The third kappa shape index (κ3) is 5.60. The lowest BCUT2D eigenvalue weighted by molar-refractivity contribution is -0.118. The minimum Gasteiger partial charge on any atom is -0.490 e. The quantitative estimate of drug-likeness (QED) is 0.323. The molecule has 0 aliphatic carbocycles. The Balaban J connectivity index is 1.34. The van der Waals surface area contributed by atoms with E-state index in [2.05, 4.69) is 20.4 Å². The van der Waals surface area contributed by atoms with Gasteiger partial charge < -0.3 is 14.8 Å². The van der Waals surface area contributed by atoms with E-state index in [1.54, 1.807) is 73.1 Å². The van der Waals surface area contributed by atoms with Gasteiger partial charge in [0.25, 0.3) is 11.5 Å². The number of halogens is 1. The van der Waals surface area contributed by atoms with Gasteiger partial charge in [-0.1, -0.05) is 29.0 Å². The van der Waals surface area contributed by atoms with Gasteiger partial charge in [0.1, 0.15) is 0 Å². The minimum atomic E-state index is -0.322. The van der Waals surface area contributed by atoms with Gasteiger partial charge in [0.15, 0.2) is 23.9 Å². The number of ether oxygens (including phenoxy) is 2. The van der Waals surface area contributed by atoms with Gasteiger partial charge in [-0.3, -0.25) is 14.6 Å². The van der Waals surface area contributed by atoms with Crippen molar-refractivity contribution in [2.75, 3.05) is 18.5 Å². The zero-order valence-electron chi connectivity index (χ0n) is 19.6. The van der Waals surface area contributed by atoms with Crippen LogP contribution in [0.1, 0.15) is 12.5 Å². The molecule has 9 nitrogen and oxygen atoms in total. The van der Waals surface area contributed by atoms with E-state index in [1.807, 2.05) is 6.92 Å². The first-order valence-corrected chi connectivity index (χ1v) is 12.5. The number of amides is 1. The van der Waals surface area contributed by atoms with Crippen molar-refractivity contribution in [2.45, 2.75) is 6.92 Å². The number of nitrogens with zero attached hydrogens (tertiary/aromatic N) is 4. The first-order valence-electron chi connectivity index (χ1n) is 11.3. The van der Waals surface area contributed by atoms with Crippen LogP contribution in [0.5, 0.6) is 11.5 Å². The Kier molecular flexibility index (Phi) is 7.11. The van der Waals surface area contributed by atoms with E-state index in [0.29, 0.717) is 44.1 Å². The van der Waals surface area contributed by atoms with Gasteiger partial charge in [0, 0.05) is 28.7 Å². The average molecular weight is 534 g/mol. The first kappa shape index (κ1) is 24.4. The molecule has 0 spiro atoms. The number of anilines is 1. The van der Waals surface area contributed by atoms with Crippen LogP contribution in [0.3, 0.4) is 0 Å². The number of carbonyl (C=O) groups is 1. The van der Waals surface area contributed by atoms with E-state index in [-0.39, 0.29) is 18.1 Å². The summed E-state index contributed by atoms with van der Waals surface area (Å²) in [7, 11) is 0. The fourth-order valence-corrected chi connectivity index (χ4v) is 4.52. The van der Waals surface area contributed by atoms with Crippen molar-refractivity contribution in [3.8, 4) is 22.9 Å². The molecule has 0 aliphatic rings. The zero-order chi connectivity index (χ0) is 25.8. The Bertz CT molecular complexity index is 1670. The monoisotopic (exact) mass is 533 g/mol. The summed E-state index contributed by atoms with van der Waals surface area (Å²) in [5.74, 6) is 1.02. The van der Waals surface area contributed by atoms with Gasteiger partial charge in [-0.25, -0.2) is 0 Å².